The number of aryl methyl sites for hydroxylation is 4. The third-order valence-corrected chi connectivity index (χ3v) is 7.28. The summed E-state index contributed by atoms with van der Waals surface area (Å²) in [6.45, 7) is 9.45. The van der Waals surface area contributed by atoms with Crippen molar-refractivity contribution >= 4 is 21.6 Å². The van der Waals surface area contributed by atoms with E-state index in [1.165, 1.54) is 4.31 Å². The average molecular weight is 451 g/mol. The van der Waals surface area contributed by atoms with Crippen molar-refractivity contribution in [3.05, 3.63) is 94.5 Å². The number of amides is 1. The molecule has 3 rings (SSSR count). The lowest BCUT2D eigenvalue weighted by Gasteiger charge is -2.25. The Morgan fingerprint density at radius 1 is 0.844 bits per heavy atom. The molecule has 3 aromatic rings. The van der Waals surface area contributed by atoms with Gasteiger partial charge in [0.05, 0.1) is 16.6 Å². The summed E-state index contributed by atoms with van der Waals surface area (Å²) in [5, 5.41) is 2.96. The number of carbonyl (C=O) groups excluding carboxylic acids is 1. The van der Waals surface area contributed by atoms with Gasteiger partial charge in [-0.3, -0.25) is 9.10 Å². The molecular formula is C26H30N2O3S. The van der Waals surface area contributed by atoms with Crippen LogP contribution in [0.1, 0.15) is 40.8 Å². The highest BCUT2D eigenvalue weighted by molar-refractivity contribution is 7.92. The Kier molecular flexibility index (Phi) is 7.04. The zero-order valence-corrected chi connectivity index (χ0v) is 20.0. The second-order valence-corrected chi connectivity index (χ2v) is 10.2. The summed E-state index contributed by atoms with van der Waals surface area (Å²) in [4.78, 5) is 13.1. The Bertz CT molecular complexity index is 1200. The summed E-state index contributed by atoms with van der Waals surface area (Å²) in [6, 6.07) is 19.6. The highest BCUT2D eigenvalue weighted by Gasteiger charge is 2.27. The van der Waals surface area contributed by atoms with Crippen molar-refractivity contribution in [1.29, 1.82) is 0 Å². The van der Waals surface area contributed by atoms with Crippen molar-refractivity contribution in [2.45, 2.75) is 45.6 Å². The third kappa shape index (κ3) is 5.37. The molecule has 0 radical (unpaired) electrons. The molecule has 0 fully saturated rings. The van der Waals surface area contributed by atoms with E-state index in [0.29, 0.717) is 5.69 Å². The van der Waals surface area contributed by atoms with Crippen molar-refractivity contribution in [2.75, 3.05) is 10.8 Å². The fraction of sp³-hybridized carbons (Fsp3) is 0.269. The molecule has 5 nitrogen and oxygen atoms in total. The highest BCUT2D eigenvalue weighted by Crippen LogP contribution is 2.25. The van der Waals surface area contributed by atoms with Crippen LogP contribution in [0.15, 0.2) is 71.6 Å². The number of hydrogen-bond donors (Lipinski definition) is 1. The average Bonchev–Trinajstić information content (AvgIpc) is 2.73. The zero-order chi connectivity index (χ0) is 23.5. The van der Waals surface area contributed by atoms with Crippen LogP contribution >= 0.6 is 0 Å². The molecule has 0 spiro atoms. The fourth-order valence-electron chi connectivity index (χ4n) is 3.67. The lowest BCUT2D eigenvalue weighted by Crippen LogP contribution is -2.41. The van der Waals surface area contributed by atoms with E-state index in [9.17, 15) is 13.2 Å². The molecule has 168 valence electrons. The number of hydrogen-bond acceptors (Lipinski definition) is 3. The minimum absolute atomic E-state index is 0.152. The van der Waals surface area contributed by atoms with Crippen LogP contribution in [0, 0.1) is 27.7 Å². The van der Waals surface area contributed by atoms with Crippen molar-refractivity contribution in [3.8, 4) is 0 Å². The Hall–Kier alpha value is -3.12. The first-order valence-electron chi connectivity index (χ1n) is 10.6. The third-order valence-electron chi connectivity index (χ3n) is 5.49. The molecule has 0 heterocycles. The smallest absolute Gasteiger partial charge is 0.264 e. The van der Waals surface area contributed by atoms with Crippen LogP contribution in [-0.4, -0.2) is 20.9 Å². The van der Waals surface area contributed by atoms with Gasteiger partial charge in [0.2, 0.25) is 5.91 Å². The summed E-state index contributed by atoms with van der Waals surface area (Å²) < 4.78 is 28.1. The van der Waals surface area contributed by atoms with Gasteiger partial charge < -0.3 is 5.32 Å². The van der Waals surface area contributed by atoms with Crippen LogP contribution in [0.25, 0.3) is 0 Å². The van der Waals surface area contributed by atoms with Gasteiger partial charge >= 0.3 is 0 Å². The van der Waals surface area contributed by atoms with Gasteiger partial charge in [0, 0.05) is 0 Å². The van der Waals surface area contributed by atoms with E-state index in [-0.39, 0.29) is 23.4 Å². The molecule has 0 saturated carbocycles. The Labute approximate surface area is 191 Å². The highest BCUT2D eigenvalue weighted by atomic mass is 32.2. The van der Waals surface area contributed by atoms with Gasteiger partial charge in [0.15, 0.2) is 0 Å². The number of benzene rings is 3. The molecule has 0 aliphatic rings. The van der Waals surface area contributed by atoms with Crippen molar-refractivity contribution in [2.24, 2.45) is 0 Å². The Balaban J connectivity index is 1.89. The van der Waals surface area contributed by atoms with Gasteiger partial charge in [-0.15, -0.1) is 0 Å². The maximum absolute atomic E-state index is 13.5. The molecule has 0 aromatic heterocycles. The molecule has 3 aromatic carbocycles. The zero-order valence-electron chi connectivity index (χ0n) is 19.2. The molecule has 0 saturated heterocycles. The largest absolute Gasteiger partial charge is 0.348 e. The van der Waals surface area contributed by atoms with Crippen molar-refractivity contribution in [3.63, 3.8) is 0 Å². The monoisotopic (exact) mass is 450 g/mol. The quantitative estimate of drug-likeness (QED) is 0.551. The molecule has 1 atom stereocenters. The second-order valence-electron chi connectivity index (χ2n) is 8.31. The molecule has 0 aliphatic heterocycles. The number of rotatable bonds is 7. The topological polar surface area (TPSA) is 66.5 Å². The SMILES string of the molecule is Cc1ccc(N(CC(=O)NC(C)c2ccc(C)cc2C)S(=O)(=O)c2ccc(C)cc2)cc1. The van der Waals surface area contributed by atoms with E-state index in [1.807, 2.05) is 58.9 Å². The minimum atomic E-state index is -3.92. The van der Waals surface area contributed by atoms with Crippen molar-refractivity contribution in [1.82, 2.24) is 5.32 Å². The van der Waals surface area contributed by atoms with Crippen LogP contribution in [0.2, 0.25) is 0 Å². The molecule has 1 N–H and O–H groups in total. The van der Waals surface area contributed by atoms with Crippen LogP contribution in [0.3, 0.4) is 0 Å². The number of nitrogens with one attached hydrogen (secondary N) is 1. The molecule has 1 unspecified atom stereocenters. The number of sulfonamides is 1. The lowest BCUT2D eigenvalue weighted by atomic mass is 10.0. The predicted molar refractivity (Wildman–Crippen MR) is 129 cm³/mol. The first-order valence-corrected chi connectivity index (χ1v) is 12.0. The maximum Gasteiger partial charge on any atom is 0.264 e. The lowest BCUT2D eigenvalue weighted by molar-refractivity contribution is -0.120. The van der Waals surface area contributed by atoms with Crippen LogP contribution in [-0.2, 0) is 14.8 Å². The Morgan fingerprint density at radius 2 is 1.38 bits per heavy atom. The van der Waals surface area contributed by atoms with Crippen molar-refractivity contribution < 1.29 is 13.2 Å². The van der Waals surface area contributed by atoms with Gasteiger partial charge in [0.25, 0.3) is 10.0 Å². The molecule has 32 heavy (non-hydrogen) atoms. The first-order chi connectivity index (χ1) is 15.1. The molecular weight excluding hydrogens is 420 g/mol. The van der Waals surface area contributed by atoms with Crippen LogP contribution in [0.4, 0.5) is 5.69 Å². The summed E-state index contributed by atoms with van der Waals surface area (Å²) in [6.07, 6.45) is 0. The summed E-state index contributed by atoms with van der Waals surface area (Å²) in [5.74, 6) is -0.367. The van der Waals surface area contributed by atoms with Gasteiger partial charge in [0.1, 0.15) is 6.54 Å². The normalized spacial score (nSPS) is 12.3. The van der Waals surface area contributed by atoms with Crippen LogP contribution in [0.5, 0.6) is 0 Å². The predicted octanol–water partition coefficient (Wildman–Crippen LogP) is 4.99. The maximum atomic E-state index is 13.5. The fourth-order valence-corrected chi connectivity index (χ4v) is 5.09. The van der Waals surface area contributed by atoms with E-state index in [4.69, 9.17) is 0 Å². The number of anilines is 1. The molecule has 1 amide bonds. The van der Waals surface area contributed by atoms with E-state index in [2.05, 4.69) is 11.4 Å². The summed E-state index contributed by atoms with van der Waals surface area (Å²) in [5.41, 5.74) is 5.66. The van der Waals surface area contributed by atoms with Crippen LogP contribution < -0.4 is 9.62 Å². The van der Waals surface area contributed by atoms with E-state index >= 15 is 0 Å². The standard InChI is InChI=1S/C26H30N2O3S/c1-18-6-11-23(12-7-18)28(32(30,31)24-13-8-19(2)9-14-24)17-26(29)27-22(5)25-15-10-20(3)16-21(25)4/h6-16,22H,17H2,1-5H3,(H,27,29). The minimum Gasteiger partial charge on any atom is -0.348 e. The van der Waals surface area contributed by atoms with Gasteiger partial charge in [-0.1, -0.05) is 59.2 Å². The van der Waals surface area contributed by atoms with E-state index in [1.54, 1.807) is 36.4 Å². The second kappa shape index (κ2) is 9.57. The molecule has 0 bridgehead atoms. The number of nitrogens with zero attached hydrogens (tertiary/aromatic N) is 1. The Morgan fingerprint density at radius 3 is 1.94 bits per heavy atom. The number of carbonyl (C=O) groups is 1. The van der Waals surface area contributed by atoms with E-state index < -0.39 is 10.0 Å². The van der Waals surface area contributed by atoms with Gasteiger partial charge in [-0.05, 0) is 70.0 Å². The van der Waals surface area contributed by atoms with Gasteiger partial charge in [-0.25, -0.2) is 8.42 Å². The van der Waals surface area contributed by atoms with E-state index in [0.717, 1.165) is 27.8 Å². The molecule has 0 aliphatic carbocycles. The van der Waals surface area contributed by atoms with Gasteiger partial charge in [-0.2, -0.15) is 0 Å². The summed E-state index contributed by atoms with van der Waals surface area (Å²) >= 11 is 0. The molecule has 6 heteroatoms. The first kappa shape index (κ1) is 23.5. The summed E-state index contributed by atoms with van der Waals surface area (Å²) in [7, 11) is -3.92.